The van der Waals surface area contributed by atoms with Crippen LogP contribution in [-0.2, 0) is 4.79 Å². The van der Waals surface area contributed by atoms with Gasteiger partial charge in [-0.2, -0.15) is 0 Å². The number of amides is 1. The lowest BCUT2D eigenvalue weighted by Gasteiger charge is -2.12. The predicted molar refractivity (Wildman–Crippen MR) is 104 cm³/mol. The van der Waals surface area contributed by atoms with Crippen LogP contribution in [0.15, 0.2) is 46.3 Å². The number of thioether (sulfide) groups is 1. The first-order valence-corrected chi connectivity index (χ1v) is 9.10. The average molecular weight is 390 g/mol. The Kier molecular flexibility index (Phi) is 5.49. The Morgan fingerprint density at radius 1 is 1.35 bits per heavy atom. The van der Waals surface area contributed by atoms with Gasteiger partial charge in [0, 0.05) is 11.1 Å². The van der Waals surface area contributed by atoms with Crippen LogP contribution in [0.4, 0.5) is 5.69 Å². The fourth-order valence-electron chi connectivity index (χ4n) is 2.38. The molecule has 2 N–H and O–H groups in total. The number of carbonyl (C=O) groups is 1. The zero-order valence-corrected chi connectivity index (χ0v) is 15.7. The Hall–Kier alpha value is -2.51. The number of rotatable bonds is 5. The number of ether oxygens (including phenoxy) is 1. The third-order valence-electron chi connectivity index (χ3n) is 3.69. The minimum Gasteiger partial charge on any atom is -0.495 e. The maximum Gasteiger partial charge on any atom is 0.259 e. The number of aromatic nitrogens is 2. The molecule has 6 nitrogen and oxygen atoms in total. The lowest BCUT2D eigenvalue weighted by Crippen LogP contribution is -2.16. The van der Waals surface area contributed by atoms with E-state index >= 15 is 0 Å². The molecule has 0 spiro atoms. The number of halogens is 1. The van der Waals surface area contributed by atoms with Gasteiger partial charge >= 0.3 is 0 Å². The molecule has 0 bridgehead atoms. The van der Waals surface area contributed by atoms with Crippen molar-refractivity contribution in [3.8, 4) is 5.75 Å². The van der Waals surface area contributed by atoms with Crippen molar-refractivity contribution in [3.63, 3.8) is 0 Å². The molecule has 0 saturated heterocycles. The summed E-state index contributed by atoms with van der Waals surface area (Å²) in [5.41, 5.74) is 1.73. The second-order valence-corrected chi connectivity index (χ2v) is 6.90. The van der Waals surface area contributed by atoms with Crippen LogP contribution in [0.5, 0.6) is 5.75 Å². The van der Waals surface area contributed by atoms with Gasteiger partial charge in [-0.05, 0) is 30.7 Å². The normalized spacial score (nSPS) is 10.7. The number of carbonyl (C=O) groups excluding carboxylic acids is 1. The van der Waals surface area contributed by atoms with Gasteiger partial charge in [0.05, 0.1) is 29.5 Å². The summed E-state index contributed by atoms with van der Waals surface area (Å²) in [6.07, 6.45) is 0. The van der Waals surface area contributed by atoms with Crippen LogP contribution in [0.3, 0.4) is 0 Å². The molecule has 1 aromatic heterocycles. The number of aryl methyl sites for hydroxylation is 1. The van der Waals surface area contributed by atoms with Crippen molar-refractivity contribution in [2.45, 2.75) is 12.1 Å². The van der Waals surface area contributed by atoms with Crippen LogP contribution >= 0.6 is 23.4 Å². The minimum absolute atomic E-state index is 0.0894. The van der Waals surface area contributed by atoms with Gasteiger partial charge in [0.15, 0.2) is 5.16 Å². The zero-order chi connectivity index (χ0) is 18.7. The molecule has 0 atom stereocenters. The highest BCUT2D eigenvalue weighted by Gasteiger charge is 2.12. The van der Waals surface area contributed by atoms with Gasteiger partial charge in [0.25, 0.3) is 5.56 Å². The molecule has 0 radical (unpaired) electrons. The Morgan fingerprint density at radius 2 is 2.12 bits per heavy atom. The molecule has 2 aromatic carbocycles. The molecule has 0 unspecified atom stereocenters. The highest BCUT2D eigenvalue weighted by molar-refractivity contribution is 7.99. The van der Waals surface area contributed by atoms with Gasteiger partial charge in [-0.1, -0.05) is 35.5 Å². The standard InChI is InChI=1S/C18H16ClN3O3S/c1-10-7-14(15(25-2)8-12(10)19)20-16(23)9-26-18-21-13-6-4-3-5-11(13)17(24)22-18/h3-8H,9H2,1-2H3,(H,20,23)(H,21,22,24). The van der Waals surface area contributed by atoms with Gasteiger partial charge in [0.2, 0.25) is 5.91 Å². The number of nitrogens with one attached hydrogen (secondary N) is 2. The summed E-state index contributed by atoms with van der Waals surface area (Å²) in [6.45, 7) is 1.84. The molecule has 0 aliphatic heterocycles. The van der Waals surface area contributed by atoms with Gasteiger partial charge in [-0.25, -0.2) is 4.98 Å². The monoisotopic (exact) mass is 389 g/mol. The van der Waals surface area contributed by atoms with E-state index in [2.05, 4.69) is 15.3 Å². The van der Waals surface area contributed by atoms with Crippen LogP contribution < -0.4 is 15.6 Å². The SMILES string of the molecule is COc1cc(Cl)c(C)cc1NC(=O)CSc1nc2ccccc2c(=O)[nH]1. The van der Waals surface area contributed by atoms with E-state index in [4.69, 9.17) is 16.3 Å². The van der Waals surface area contributed by atoms with Crippen LogP contribution in [0.2, 0.25) is 5.02 Å². The summed E-state index contributed by atoms with van der Waals surface area (Å²) < 4.78 is 5.24. The minimum atomic E-state index is -0.245. The molecule has 0 saturated carbocycles. The molecule has 1 heterocycles. The number of methoxy groups -OCH3 is 1. The van der Waals surface area contributed by atoms with Crippen molar-refractivity contribution in [2.75, 3.05) is 18.2 Å². The topological polar surface area (TPSA) is 84.1 Å². The van der Waals surface area contributed by atoms with E-state index in [1.165, 1.54) is 7.11 Å². The number of anilines is 1. The van der Waals surface area contributed by atoms with Crippen molar-refractivity contribution >= 4 is 45.9 Å². The second-order valence-electron chi connectivity index (χ2n) is 5.53. The molecule has 8 heteroatoms. The summed E-state index contributed by atoms with van der Waals surface area (Å²) >= 11 is 7.22. The fourth-order valence-corrected chi connectivity index (χ4v) is 3.20. The van der Waals surface area contributed by atoms with Gasteiger partial charge < -0.3 is 15.0 Å². The first-order chi connectivity index (χ1) is 12.5. The molecular formula is C18H16ClN3O3S. The highest BCUT2D eigenvalue weighted by Crippen LogP contribution is 2.31. The number of H-pyrrole nitrogens is 1. The molecule has 3 rings (SSSR count). The van der Waals surface area contributed by atoms with Crippen LogP contribution in [0, 0.1) is 6.92 Å². The van der Waals surface area contributed by atoms with Crippen LogP contribution in [0.1, 0.15) is 5.56 Å². The first-order valence-electron chi connectivity index (χ1n) is 7.74. The van der Waals surface area contributed by atoms with Crippen LogP contribution in [0.25, 0.3) is 10.9 Å². The van der Waals surface area contributed by atoms with Gasteiger partial charge in [0.1, 0.15) is 5.75 Å². The molecule has 0 aliphatic carbocycles. The molecule has 134 valence electrons. The van der Waals surface area contributed by atoms with Crippen LogP contribution in [-0.4, -0.2) is 28.7 Å². The number of aromatic amines is 1. The zero-order valence-electron chi connectivity index (χ0n) is 14.1. The summed E-state index contributed by atoms with van der Waals surface area (Å²) in [7, 11) is 1.51. The second kappa shape index (κ2) is 7.80. The maximum absolute atomic E-state index is 12.3. The average Bonchev–Trinajstić information content (AvgIpc) is 2.63. The highest BCUT2D eigenvalue weighted by atomic mass is 35.5. The molecule has 26 heavy (non-hydrogen) atoms. The van der Waals surface area contributed by atoms with Crippen molar-refractivity contribution in [1.82, 2.24) is 9.97 Å². The quantitative estimate of drug-likeness (QED) is 0.514. The molecule has 0 fully saturated rings. The van der Waals surface area contributed by atoms with Gasteiger partial charge in [-0.3, -0.25) is 9.59 Å². The van der Waals surface area contributed by atoms with E-state index in [1.807, 2.05) is 13.0 Å². The molecule has 3 aromatic rings. The smallest absolute Gasteiger partial charge is 0.259 e. The maximum atomic E-state index is 12.3. The number of hydrogen-bond acceptors (Lipinski definition) is 5. The number of para-hydroxylation sites is 1. The third-order valence-corrected chi connectivity index (χ3v) is 4.97. The summed E-state index contributed by atoms with van der Waals surface area (Å²) in [6, 6.07) is 10.5. The van der Waals surface area contributed by atoms with Crippen molar-refractivity contribution in [3.05, 3.63) is 57.3 Å². The lowest BCUT2D eigenvalue weighted by molar-refractivity contribution is -0.113. The van der Waals surface area contributed by atoms with E-state index in [-0.39, 0.29) is 17.2 Å². The third kappa shape index (κ3) is 4.00. The van der Waals surface area contributed by atoms with E-state index in [9.17, 15) is 9.59 Å². The summed E-state index contributed by atoms with van der Waals surface area (Å²) in [4.78, 5) is 31.4. The summed E-state index contributed by atoms with van der Waals surface area (Å²) in [5, 5.41) is 4.26. The molecule has 1 amide bonds. The number of fused-ring (bicyclic) bond motifs is 1. The predicted octanol–water partition coefficient (Wildman–Crippen LogP) is 3.62. The number of benzene rings is 2. The number of nitrogens with zero attached hydrogens (tertiary/aromatic N) is 1. The fraction of sp³-hybridized carbons (Fsp3) is 0.167. The first kappa shape index (κ1) is 18.3. The molecule has 0 aliphatic rings. The van der Waals surface area contributed by atoms with E-state index in [0.29, 0.717) is 32.5 Å². The Balaban J connectivity index is 1.72. The van der Waals surface area contributed by atoms with E-state index in [1.54, 1.807) is 30.3 Å². The Labute approximate surface area is 158 Å². The van der Waals surface area contributed by atoms with Crippen molar-refractivity contribution in [1.29, 1.82) is 0 Å². The largest absolute Gasteiger partial charge is 0.495 e. The Morgan fingerprint density at radius 3 is 2.88 bits per heavy atom. The summed E-state index contributed by atoms with van der Waals surface area (Å²) in [5.74, 6) is 0.327. The number of hydrogen-bond donors (Lipinski definition) is 2. The van der Waals surface area contributed by atoms with Gasteiger partial charge in [-0.15, -0.1) is 0 Å². The van der Waals surface area contributed by atoms with Crippen molar-refractivity contribution in [2.24, 2.45) is 0 Å². The van der Waals surface area contributed by atoms with E-state index < -0.39 is 0 Å². The Bertz CT molecular complexity index is 1040. The van der Waals surface area contributed by atoms with E-state index in [0.717, 1.165) is 17.3 Å². The van der Waals surface area contributed by atoms with Crippen molar-refractivity contribution < 1.29 is 9.53 Å². The molecular weight excluding hydrogens is 374 g/mol. The lowest BCUT2D eigenvalue weighted by atomic mass is 10.2.